The van der Waals surface area contributed by atoms with Gasteiger partial charge < -0.3 is 9.84 Å². The number of hydrogen-bond donors (Lipinski definition) is 1. The number of benzene rings is 1. The van der Waals surface area contributed by atoms with Crippen LogP contribution in [0.1, 0.15) is 0 Å². The molecule has 1 unspecified atom stereocenters. The second-order valence-corrected chi connectivity index (χ2v) is 3.14. The Bertz CT molecular complexity index is 390. The first-order chi connectivity index (χ1) is 7.20. The number of rotatable bonds is 2. The number of carbonyl (C=O) groups is 2. The number of carbonyl (C=O) groups excluding carboxylic acids is 1. The molecule has 1 aliphatic heterocycles. The molecule has 1 N–H and O–H groups in total. The third-order valence-corrected chi connectivity index (χ3v) is 2.19. The second kappa shape index (κ2) is 3.61. The molecule has 1 saturated heterocycles. The van der Waals surface area contributed by atoms with E-state index >= 15 is 0 Å². The number of aliphatic carboxylic acids is 1. The maximum absolute atomic E-state index is 11.3. The summed E-state index contributed by atoms with van der Waals surface area (Å²) < 4.78 is 4.70. The number of anilines is 1. The Morgan fingerprint density at radius 2 is 2.07 bits per heavy atom. The maximum Gasteiger partial charge on any atom is 0.415 e. The molecule has 1 amide bonds. The summed E-state index contributed by atoms with van der Waals surface area (Å²) in [5.41, 5.74) is 0.535. The van der Waals surface area contributed by atoms with Gasteiger partial charge in [0.15, 0.2) is 6.04 Å². The van der Waals surface area contributed by atoms with Gasteiger partial charge in [-0.05, 0) is 12.1 Å². The van der Waals surface area contributed by atoms with E-state index in [4.69, 9.17) is 9.84 Å². The van der Waals surface area contributed by atoms with Crippen LogP contribution in [0, 0.1) is 0 Å². The molecule has 0 spiro atoms. The zero-order valence-electron chi connectivity index (χ0n) is 7.79. The predicted octanol–water partition coefficient (Wildman–Crippen LogP) is 1.10. The van der Waals surface area contributed by atoms with Crippen molar-refractivity contribution in [2.75, 3.05) is 11.5 Å². The third kappa shape index (κ3) is 1.63. The Morgan fingerprint density at radius 1 is 1.40 bits per heavy atom. The van der Waals surface area contributed by atoms with Gasteiger partial charge in [0, 0.05) is 5.69 Å². The number of carboxylic acids is 1. The molecule has 2 rings (SSSR count). The zero-order chi connectivity index (χ0) is 10.8. The molecule has 0 aliphatic carbocycles. The van der Waals surface area contributed by atoms with Gasteiger partial charge in [-0.2, -0.15) is 0 Å². The molecule has 1 atom stereocenters. The Balaban J connectivity index is 2.33. The minimum Gasteiger partial charge on any atom is -0.480 e. The van der Waals surface area contributed by atoms with Gasteiger partial charge in [0.2, 0.25) is 0 Å². The summed E-state index contributed by atoms with van der Waals surface area (Å²) in [7, 11) is 0. The summed E-state index contributed by atoms with van der Waals surface area (Å²) in [5.74, 6) is -1.07. The number of carboxylic acid groups (broad SMARTS) is 1. The molecule has 0 bridgehead atoms. The summed E-state index contributed by atoms with van der Waals surface area (Å²) in [6.07, 6.45) is -0.617. The van der Waals surface area contributed by atoms with Crippen molar-refractivity contribution in [2.45, 2.75) is 6.04 Å². The first-order valence-corrected chi connectivity index (χ1v) is 4.44. The van der Waals surface area contributed by atoms with Crippen molar-refractivity contribution in [1.29, 1.82) is 0 Å². The fourth-order valence-electron chi connectivity index (χ4n) is 1.48. The Labute approximate surface area is 85.9 Å². The summed E-state index contributed by atoms with van der Waals surface area (Å²) in [6, 6.07) is 7.67. The van der Waals surface area contributed by atoms with E-state index in [0.717, 1.165) is 4.90 Å². The molecule has 1 heterocycles. The number of cyclic esters (lactones) is 1. The van der Waals surface area contributed by atoms with Crippen molar-refractivity contribution < 1.29 is 19.4 Å². The SMILES string of the molecule is O=C(O)C1COC(=O)N1c1ccccc1. The fraction of sp³-hybridized carbons (Fsp3) is 0.200. The van der Waals surface area contributed by atoms with Crippen LogP contribution in [-0.2, 0) is 9.53 Å². The average molecular weight is 207 g/mol. The molecule has 5 nitrogen and oxygen atoms in total. The molecule has 78 valence electrons. The van der Waals surface area contributed by atoms with E-state index in [9.17, 15) is 9.59 Å². The predicted molar refractivity (Wildman–Crippen MR) is 51.7 cm³/mol. The van der Waals surface area contributed by atoms with Crippen LogP contribution in [0.2, 0.25) is 0 Å². The van der Waals surface area contributed by atoms with Crippen molar-refractivity contribution in [3.05, 3.63) is 30.3 Å². The quantitative estimate of drug-likeness (QED) is 0.788. The minimum atomic E-state index is -1.07. The molecule has 1 aliphatic rings. The van der Waals surface area contributed by atoms with E-state index in [-0.39, 0.29) is 6.61 Å². The van der Waals surface area contributed by atoms with Crippen molar-refractivity contribution in [1.82, 2.24) is 0 Å². The van der Waals surface area contributed by atoms with Crippen LogP contribution < -0.4 is 4.90 Å². The highest BCUT2D eigenvalue weighted by atomic mass is 16.6. The van der Waals surface area contributed by atoms with E-state index in [1.807, 2.05) is 0 Å². The lowest BCUT2D eigenvalue weighted by Crippen LogP contribution is -2.39. The lowest BCUT2D eigenvalue weighted by Gasteiger charge is -2.17. The van der Waals surface area contributed by atoms with E-state index in [2.05, 4.69) is 0 Å². The van der Waals surface area contributed by atoms with Crippen LogP contribution in [0.5, 0.6) is 0 Å². The number of para-hydroxylation sites is 1. The highest BCUT2D eigenvalue weighted by Gasteiger charge is 2.39. The van der Waals surface area contributed by atoms with Crippen molar-refractivity contribution in [3.63, 3.8) is 0 Å². The van der Waals surface area contributed by atoms with Crippen molar-refractivity contribution in [3.8, 4) is 0 Å². The number of amides is 1. The average Bonchev–Trinajstić information content (AvgIpc) is 2.61. The lowest BCUT2D eigenvalue weighted by molar-refractivity contribution is -0.138. The summed E-state index contributed by atoms with van der Waals surface area (Å²) in [6.45, 7) is -0.108. The number of hydrogen-bond acceptors (Lipinski definition) is 3. The normalized spacial score (nSPS) is 20.1. The molecule has 0 saturated carbocycles. The molecule has 15 heavy (non-hydrogen) atoms. The zero-order valence-corrected chi connectivity index (χ0v) is 7.79. The van der Waals surface area contributed by atoms with Gasteiger partial charge in [0.25, 0.3) is 0 Å². The van der Waals surface area contributed by atoms with Crippen LogP contribution in [0.15, 0.2) is 30.3 Å². The van der Waals surface area contributed by atoms with E-state index in [1.54, 1.807) is 30.3 Å². The highest BCUT2D eigenvalue weighted by molar-refractivity contribution is 5.97. The Hall–Kier alpha value is -2.04. The van der Waals surface area contributed by atoms with E-state index < -0.39 is 18.1 Å². The Morgan fingerprint density at radius 3 is 2.67 bits per heavy atom. The topological polar surface area (TPSA) is 66.8 Å². The lowest BCUT2D eigenvalue weighted by atomic mass is 10.2. The molecule has 0 aromatic heterocycles. The number of ether oxygens (including phenoxy) is 1. The monoisotopic (exact) mass is 207 g/mol. The van der Waals surface area contributed by atoms with Gasteiger partial charge in [0.05, 0.1) is 0 Å². The molecule has 1 aromatic carbocycles. The largest absolute Gasteiger partial charge is 0.480 e. The summed E-state index contributed by atoms with van der Waals surface area (Å²) in [4.78, 5) is 23.3. The first-order valence-electron chi connectivity index (χ1n) is 4.44. The molecule has 1 aromatic rings. The Kier molecular flexibility index (Phi) is 2.29. The van der Waals surface area contributed by atoms with Crippen LogP contribution in [-0.4, -0.2) is 29.8 Å². The van der Waals surface area contributed by atoms with Crippen molar-refractivity contribution in [2.24, 2.45) is 0 Å². The molecular formula is C10H9NO4. The third-order valence-electron chi connectivity index (χ3n) is 2.19. The minimum absolute atomic E-state index is 0.108. The first kappa shape index (κ1) is 9.51. The van der Waals surface area contributed by atoms with Gasteiger partial charge in [-0.15, -0.1) is 0 Å². The van der Waals surface area contributed by atoms with Gasteiger partial charge in [-0.3, -0.25) is 4.90 Å². The standard InChI is InChI=1S/C10H9NO4/c12-9(13)8-6-15-10(14)11(8)7-4-2-1-3-5-7/h1-5,8H,6H2,(H,12,13). The van der Waals surface area contributed by atoms with Gasteiger partial charge in [-0.1, -0.05) is 18.2 Å². The molecule has 0 radical (unpaired) electrons. The van der Waals surface area contributed by atoms with E-state index in [0.29, 0.717) is 5.69 Å². The van der Waals surface area contributed by atoms with Gasteiger partial charge >= 0.3 is 12.1 Å². The fourth-order valence-corrected chi connectivity index (χ4v) is 1.48. The maximum atomic E-state index is 11.3. The van der Waals surface area contributed by atoms with Gasteiger partial charge in [-0.25, -0.2) is 9.59 Å². The highest BCUT2D eigenvalue weighted by Crippen LogP contribution is 2.22. The molecule has 1 fully saturated rings. The number of nitrogens with zero attached hydrogens (tertiary/aromatic N) is 1. The van der Waals surface area contributed by atoms with E-state index in [1.165, 1.54) is 0 Å². The van der Waals surface area contributed by atoms with Crippen LogP contribution >= 0.6 is 0 Å². The molecular weight excluding hydrogens is 198 g/mol. The second-order valence-electron chi connectivity index (χ2n) is 3.14. The van der Waals surface area contributed by atoms with Crippen molar-refractivity contribution >= 4 is 17.7 Å². The summed E-state index contributed by atoms with van der Waals surface area (Å²) in [5, 5.41) is 8.89. The van der Waals surface area contributed by atoms with Gasteiger partial charge in [0.1, 0.15) is 6.61 Å². The van der Waals surface area contributed by atoms with Crippen LogP contribution in [0.4, 0.5) is 10.5 Å². The summed E-state index contributed by atoms with van der Waals surface area (Å²) >= 11 is 0. The van der Waals surface area contributed by atoms with Crippen LogP contribution in [0.3, 0.4) is 0 Å². The molecule has 5 heteroatoms. The smallest absolute Gasteiger partial charge is 0.415 e. The van der Waals surface area contributed by atoms with Crippen LogP contribution in [0.25, 0.3) is 0 Å².